The number of hydrogen-bond acceptors (Lipinski definition) is 7. The van der Waals surface area contributed by atoms with Gasteiger partial charge in [-0.3, -0.25) is 9.78 Å². The van der Waals surface area contributed by atoms with Crippen molar-refractivity contribution in [2.24, 2.45) is 5.73 Å². The van der Waals surface area contributed by atoms with Gasteiger partial charge in [-0.25, -0.2) is 9.97 Å². The van der Waals surface area contributed by atoms with E-state index < -0.39 is 18.1 Å². The molecular weight excluding hydrogens is 398 g/mol. The molecule has 150 valence electrons. The third-order valence-corrected chi connectivity index (χ3v) is 6.17. The zero-order valence-corrected chi connectivity index (χ0v) is 16.8. The molecule has 0 aliphatic carbocycles. The summed E-state index contributed by atoms with van der Waals surface area (Å²) < 4.78 is 0. The first-order valence-corrected chi connectivity index (χ1v) is 10.5. The molecule has 1 saturated heterocycles. The minimum absolute atomic E-state index is 0.286. The fourth-order valence-electron chi connectivity index (χ4n) is 3.90. The Bertz CT molecular complexity index is 1210. The van der Waals surface area contributed by atoms with Crippen LogP contribution < -0.4 is 10.6 Å². The summed E-state index contributed by atoms with van der Waals surface area (Å²) >= 11 is 1.52. The Morgan fingerprint density at radius 1 is 1.13 bits per heavy atom. The minimum Gasteiger partial charge on any atom is -0.391 e. The average molecular weight is 417 g/mol. The van der Waals surface area contributed by atoms with Gasteiger partial charge in [-0.1, -0.05) is 30.3 Å². The van der Waals surface area contributed by atoms with E-state index >= 15 is 0 Å². The van der Waals surface area contributed by atoms with E-state index in [2.05, 4.69) is 10.4 Å². The highest BCUT2D eigenvalue weighted by Crippen LogP contribution is 2.41. The Labute approximate surface area is 176 Å². The molecule has 1 aromatic carbocycles. The third kappa shape index (κ3) is 3.20. The number of hydrogen-bond donors (Lipinski definition) is 2. The zero-order chi connectivity index (χ0) is 20.7. The van der Waals surface area contributed by atoms with E-state index in [1.165, 1.54) is 11.3 Å². The number of carbonyl (C=O) groups is 1. The molecule has 1 aliphatic heterocycles. The monoisotopic (exact) mass is 417 g/mol. The number of nitrogens with two attached hydrogens (primary N) is 1. The number of fused-ring (bicyclic) bond motifs is 1. The van der Waals surface area contributed by atoms with Gasteiger partial charge in [-0.2, -0.15) is 0 Å². The Morgan fingerprint density at radius 3 is 2.67 bits per heavy atom. The van der Waals surface area contributed by atoms with Crippen LogP contribution in [0.1, 0.15) is 6.42 Å². The van der Waals surface area contributed by atoms with E-state index in [0.29, 0.717) is 11.6 Å². The molecule has 4 aromatic rings. The summed E-state index contributed by atoms with van der Waals surface area (Å²) in [6, 6.07) is 13.1. The number of primary amides is 1. The molecule has 2 atom stereocenters. The van der Waals surface area contributed by atoms with Crippen molar-refractivity contribution in [3.8, 4) is 22.5 Å². The molecule has 1 fully saturated rings. The number of amides is 1. The first kappa shape index (κ1) is 18.7. The van der Waals surface area contributed by atoms with Gasteiger partial charge in [0.2, 0.25) is 5.91 Å². The van der Waals surface area contributed by atoms with Gasteiger partial charge >= 0.3 is 0 Å². The van der Waals surface area contributed by atoms with Gasteiger partial charge in [-0.15, -0.1) is 11.3 Å². The number of carbonyl (C=O) groups excluding carboxylic acids is 1. The summed E-state index contributed by atoms with van der Waals surface area (Å²) in [4.78, 5) is 28.5. The highest BCUT2D eigenvalue weighted by molar-refractivity contribution is 7.17. The normalized spacial score (nSPS) is 18.8. The van der Waals surface area contributed by atoms with Crippen molar-refractivity contribution < 1.29 is 9.90 Å². The predicted octanol–water partition coefficient (Wildman–Crippen LogP) is 2.85. The van der Waals surface area contributed by atoms with Crippen molar-refractivity contribution in [1.82, 2.24) is 15.0 Å². The van der Waals surface area contributed by atoms with Crippen LogP contribution in [0, 0.1) is 0 Å². The van der Waals surface area contributed by atoms with Crippen LogP contribution in [-0.4, -0.2) is 44.7 Å². The van der Waals surface area contributed by atoms with Crippen LogP contribution in [-0.2, 0) is 4.79 Å². The average Bonchev–Trinajstić information content (AvgIpc) is 3.38. The highest BCUT2D eigenvalue weighted by Gasteiger charge is 2.37. The van der Waals surface area contributed by atoms with Gasteiger partial charge in [0.05, 0.1) is 11.5 Å². The maximum atomic E-state index is 12.1. The van der Waals surface area contributed by atoms with Gasteiger partial charge in [0.15, 0.2) is 5.82 Å². The molecule has 1 amide bonds. The molecule has 0 spiro atoms. The van der Waals surface area contributed by atoms with Crippen molar-refractivity contribution in [3.05, 3.63) is 60.2 Å². The Balaban J connectivity index is 1.77. The molecule has 0 saturated carbocycles. The first-order valence-electron chi connectivity index (χ1n) is 9.61. The van der Waals surface area contributed by atoms with Crippen LogP contribution in [0.5, 0.6) is 0 Å². The number of β-amino-alcohol motifs (C(OH)–C–C–N with tert-alkyl or cyclic N) is 1. The smallest absolute Gasteiger partial charge is 0.240 e. The van der Waals surface area contributed by atoms with E-state index in [1.54, 1.807) is 12.4 Å². The van der Waals surface area contributed by atoms with E-state index in [1.807, 2.05) is 47.4 Å². The Hall–Kier alpha value is -3.36. The van der Waals surface area contributed by atoms with Crippen LogP contribution in [0.2, 0.25) is 0 Å². The quantitative estimate of drug-likeness (QED) is 0.529. The minimum atomic E-state index is -0.645. The maximum Gasteiger partial charge on any atom is 0.240 e. The Kier molecular flexibility index (Phi) is 4.65. The molecule has 3 N–H and O–H groups in total. The number of aromatic nitrogens is 3. The SMILES string of the molecule is NC(=O)C1CC(O)CN1c1nc(-c2cccnc2)nc2scc(-c3ccccc3)c12. The molecule has 1 aliphatic rings. The molecule has 30 heavy (non-hydrogen) atoms. The lowest BCUT2D eigenvalue weighted by Gasteiger charge is -2.24. The number of anilines is 1. The summed E-state index contributed by atoms with van der Waals surface area (Å²) in [6.45, 7) is 0.288. The Morgan fingerprint density at radius 2 is 1.93 bits per heavy atom. The maximum absolute atomic E-state index is 12.1. The fraction of sp³-hybridized carbons (Fsp3) is 0.182. The second-order valence-corrected chi connectivity index (χ2v) is 8.13. The molecule has 0 radical (unpaired) electrons. The molecule has 0 bridgehead atoms. The van der Waals surface area contributed by atoms with Crippen LogP contribution in [0.25, 0.3) is 32.7 Å². The number of benzene rings is 1. The summed E-state index contributed by atoms with van der Waals surface area (Å²) in [5.41, 5.74) is 8.48. The van der Waals surface area contributed by atoms with Gasteiger partial charge in [0, 0.05) is 41.9 Å². The number of aliphatic hydroxyl groups excluding tert-OH is 1. The summed E-state index contributed by atoms with van der Waals surface area (Å²) in [7, 11) is 0. The van der Waals surface area contributed by atoms with Crippen LogP contribution >= 0.6 is 11.3 Å². The van der Waals surface area contributed by atoms with Gasteiger partial charge in [0.25, 0.3) is 0 Å². The molecule has 8 heteroatoms. The van der Waals surface area contributed by atoms with Crippen LogP contribution in [0.15, 0.2) is 60.2 Å². The third-order valence-electron chi connectivity index (χ3n) is 5.30. The number of rotatable bonds is 4. The summed E-state index contributed by atoms with van der Waals surface area (Å²) in [6.07, 6.45) is 3.05. The van der Waals surface area contributed by atoms with E-state index in [9.17, 15) is 9.90 Å². The molecule has 3 aromatic heterocycles. The van der Waals surface area contributed by atoms with E-state index in [0.717, 1.165) is 26.9 Å². The summed E-state index contributed by atoms with van der Waals surface area (Å²) in [5.74, 6) is 0.661. The second kappa shape index (κ2) is 7.47. The van der Waals surface area contributed by atoms with Crippen molar-refractivity contribution in [2.45, 2.75) is 18.6 Å². The number of aliphatic hydroxyl groups is 1. The fourth-order valence-corrected chi connectivity index (χ4v) is 4.84. The molecule has 2 unspecified atom stereocenters. The standard InChI is InChI=1S/C22H19N5O2S/c23-19(29)17-9-15(28)11-27(17)21-18-16(13-5-2-1-3-6-13)12-30-22(18)26-20(25-21)14-7-4-8-24-10-14/h1-8,10,12,15,17,28H,9,11H2,(H2,23,29). The topological polar surface area (TPSA) is 105 Å². The van der Waals surface area contributed by atoms with Crippen LogP contribution in [0.4, 0.5) is 5.82 Å². The lowest BCUT2D eigenvalue weighted by atomic mass is 10.1. The number of nitrogens with zero attached hydrogens (tertiary/aromatic N) is 4. The molecule has 5 rings (SSSR count). The van der Waals surface area contributed by atoms with Crippen molar-refractivity contribution in [3.63, 3.8) is 0 Å². The number of pyridine rings is 1. The largest absolute Gasteiger partial charge is 0.391 e. The molecular formula is C22H19N5O2S. The van der Waals surface area contributed by atoms with Crippen molar-refractivity contribution in [1.29, 1.82) is 0 Å². The molecule has 7 nitrogen and oxygen atoms in total. The van der Waals surface area contributed by atoms with Crippen molar-refractivity contribution >= 4 is 33.3 Å². The lowest BCUT2D eigenvalue weighted by Crippen LogP contribution is -2.41. The molecule has 4 heterocycles. The lowest BCUT2D eigenvalue weighted by molar-refractivity contribution is -0.119. The van der Waals surface area contributed by atoms with Gasteiger partial charge in [0.1, 0.15) is 16.7 Å². The number of thiophene rings is 1. The van der Waals surface area contributed by atoms with E-state index in [4.69, 9.17) is 15.7 Å². The predicted molar refractivity (Wildman–Crippen MR) is 117 cm³/mol. The summed E-state index contributed by atoms with van der Waals surface area (Å²) in [5, 5.41) is 13.2. The van der Waals surface area contributed by atoms with E-state index in [-0.39, 0.29) is 13.0 Å². The van der Waals surface area contributed by atoms with Gasteiger partial charge in [-0.05, 0) is 17.7 Å². The zero-order valence-electron chi connectivity index (χ0n) is 16.0. The first-order chi connectivity index (χ1) is 14.6. The second-order valence-electron chi connectivity index (χ2n) is 7.27. The van der Waals surface area contributed by atoms with Crippen LogP contribution in [0.3, 0.4) is 0 Å². The highest BCUT2D eigenvalue weighted by atomic mass is 32.1. The van der Waals surface area contributed by atoms with Gasteiger partial charge < -0.3 is 15.7 Å². The van der Waals surface area contributed by atoms with Crippen molar-refractivity contribution in [2.75, 3.05) is 11.4 Å².